The predicted molar refractivity (Wildman–Crippen MR) is 138 cm³/mol. The fourth-order valence-electron chi connectivity index (χ4n) is 4.95. The summed E-state index contributed by atoms with van der Waals surface area (Å²) in [5.41, 5.74) is 7.14. The Morgan fingerprint density at radius 2 is 1.84 bits per heavy atom. The van der Waals surface area contributed by atoms with Crippen molar-refractivity contribution in [2.24, 2.45) is 0 Å². The number of nitrogens with zero attached hydrogens (tertiary/aromatic N) is 7. The van der Waals surface area contributed by atoms with Crippen LogP contribution < -0.4 is 0 Å². The Bertz CT molecular complexity index is 1780. The van der Waals surface area contributed by atoms with Crippen LogP contribution in [0.2, 0.25) is 0 Å². The molecule has 38 heavy (non-hydrogen) atoms. The molecule has 7 heterocycles. The Labute approximate surface area is 215 Å². The van der Waals surface area contributed by atoms with Crippen LogP contribution in [0.25, 0.3) is 55.8 Å². The first-order valence-electron chi connectivity index (χ1n) is 12.2. The van der Waals surface area contributed by atoms with Crippen LogP contribution in [0.5, 0.6) is 0 Å². The Hall–Kier alpha value is -4.64. The molecule has 1 aliphatic heterocycles. The molecule has 0 spiro atoms. The number of fused-ring (bicyclic) bond motifs is 2. The van der Waals surface area contributed by atoms with Gasteiger partial charge in [0, 0.05) is 72.6 Å². The lowest BCUT2D eigenvalue weighted by Gasteiger charge is -2.15. The highest BCUT2D eigenvalue weighted by atomic mass is 19.3. The molecule has 1 saturated heterocycles. The lowest BCUT2D eigenvalue weighted by atomic mass is 10.1. The summed E-state index contributed by atoms with van der Waals surface area (Å²) >= 11 is 0. The van der Waals surface area contributed by atoms with E-state index in [1.807, 2.05) is 24.3 Å². The van der Waals surface area contributed by atoms with Gasteiger partial charge in [0.1, 0.15) is 11.2 Å². The molecule has 11 heteroatoms. The zero-order valence-electron chi connectivity index (χ0n) is 20.1. The summed E-state index contributed by atoms with van der Waals surface area (Å²) in [6.45, 7) is 0.562. The second kappa shape index (κ2) is 8.73. The number of H-pyrrole nitrogens is 2. The highest BCUT2D eigenvalue weighted by molar-refractivity contribution is 5.97. The summed E-state index contributed by atoms with van der Waals surface area (Å²) < 4.78 is 27.2. The van der Waals surface area contributed by atoms with E-state index in [9.17, 15) is 8.78 Å². The van der Waals surface area contributed by atoms with Gasteiger partial charge in [0.25, 0.3) is 5.92 Å². The monoisotopic (exact) mass is 509 g/mol. The highest BCUT2D eigenvalue weighted by Crippen LogP contribution is 2.32. The van der Waals surface area contributed by atoms with E-state index in [4.69, 9.17) is 4.98 Å². The third-order valence-electron chi connectivity index (χ3n) is 6.78. The highest BCUT2D eigenvalue weighted by Gasteiger charge is 2.37. The van der Waals surface area contributed by atoms with Gasteiger partial charge >= 0.3 is 0 Å². The maximum atomic E-state index is 13.6. The number of nitrogens with one attached hydrogen (secondary N) is 2. The van der Waals surface area contributed by atoms with E-state index >= 15 is 0 Å². The molecule has 6 aromatic heterocycles. The number of hydrogen-bond donors (Lipinski definition) is 2. The summed E-state index contributed by atoms with van der Waals surface area (Å²) in [5, 5.41) is 8.39. The molecule has 1 fully saturated rings. The van der Waals surface area contributed by atoms with Crippen molar-refractivity contribution in [2.75, 3.05) is 13.1 Å². The Morgan fingerprint density at radius 1 is 0.947 bits per heavy atom. The van der Waals surface area contributed by atoms with E-state index in [2.05, 4.69) is 35.1 Å². The molecule has 0 saturated carbocycles. The minimum Gasteiger partial charge on any atom is -0.335 e. The molecule has 9 nitrogen and oxygen atoms in total. The van der Waals surface area contributed by atoms with Crippen molar-refractivity contribution >= 4 is 21.9 Å². The summed E-state index contributed by atoms with van der Waals surface area (Å²) in [5.74, 6) is -2.02. The SMILES string of the molecule is FC1(F)CCN(Cc2cncc(-c3cc4c(-c5nc6c(-c7cccnc7)cncc6[nH]5)n[nH]c4cn3)c2)C1. The number of rotatable bonds is 5. The standard InChI is InChI=1S/C27H21F2N9/c28-27(29)3-5-38(15-27)14-16-6-18(10-31-8-16)21-7-19-22(13-33-21)36-37-25(19)26-34-23-12-32-11-20(24(23)35-26)17-2-1-4-30-9-17/h1-2,4,6-13H,3,5,14-15H2,(H,34,35)(H,36,37). The molecule has 1 aliphatic rings. The van der Waals surface area contributed by atoms with Gasteiger partial charge in [-0.15, -0.1) is 0 Å². The number of likely N-dealkylation sites (tertiary alicyclic amines) is 1. The lowest BCUT2D eigenvalue weighted by molar-refractivity contribution is 0.0115. The smallest absolute Gasteiger partial charge is 0.261 e. The number of aromatic nitrogens is 8. The fraction of sp³-hybridized carbons (Fsp3) is 0.185. The molecule has 0 atom stereocenters. The van der Waals surface area contributed by atoms with Gasteiger partial charge in [-0.2, -0.15) is 5.10 Å². The van der Waals surface area contributed by atoms with E-state index in [1.165, 1.54) is 0 Å². The second-order valence-electron chi connectivity index (χ2n) is 9.50. The van der Waals surface area contributed by atoms with Crippen LogP contribution in [0, 0.1) is 0 Å². The topological polar surface area (TPSA) is 112 Å². The van der Waals surface area contributed by atoms with Gasteiger partial charge in [-0.05, 0) is 23.8 Å². The van der Waals surface area contributed by atoms with E-state index in [0.29, 0.717) is 30.3 Å². The number of pyridine rings is 4. The molecule has 6 aromatic rings. The van der Waals surface area contributed by atoms with Crippen LogP contribution >= 0.6 is 0 Å². The largest absolute Gasteiger partial charge is 0.335 e. The quantitative estimate of drug-likeness (QED) is 0.341. The average molecular weight is 510 g/mol. The number of halogens is 2. The Kier molecular flexibility index (Phi) is 5.18. The maximum Gasteiger partial charge on any atom is 0.261 e. The van der Waals surface area contributed by atoms with Gasteiger partial charge in [-0.25, -0.2) is 13.8 Å². The second-order valence-corrected chi connectivity index (χ2v) is 9.50. The minimum atomic E-state index is -2.62. The van der Waals surface area contributed by atoms with Gasteiger partial charge in [0.15, 0.2) is 5.82 Å². The van der Waals surface area contributed by atoms with Crippen LogP contribution in [0.1, 0.15) is 12.0 Å². The van der Waals surface area contributed by atoms with E-state index in [1.54, 1.807) is 48.3 Å². The van der Waals surface area contributed by atoms with Crippen molar-refractivity contribution in [3.8, 4) is 33.9 Å². The summed E-state index contributed by atoms with van der Waals surface area (Å²) in [7, 11) is 0. The summed E-state index contributed by atoms with van der Waals surface area (Å²) in [6, 6.07) is 7.73. The van der Waals surface area contributed by atoms with Crippen molar-refractivity contribution in [2.45, 2.75) is 18.9 Å². The molecule has 0 bridgehead atoms. The van der Waals surface area contributed by atoms with Crippen LogP contribution in [-0.2, 0) is 6.54 Å². The fourth-order valence-corrected chi connectivity index (χ4v) is 4.95. The number of alkyl halides is 2. The van der Waals surface area contributed by atoms with E-state index < -0.39 is 5.92 Å². The molecular formula is C27H21F2N9. The molecular weight excluding hydrogens is 488 g/mol. The van der Waals surface area contributed by atoms with Crippen molar-refractivity contribution in [1.29, 1.82) is 0 Å². The normalized spacial score (nSPS) is 15.5. The van der Waals surface area contributed by atoms with Gasteiger partial charge in [0.05, 0.1) is 35.7 Å². The maximum absolute atomic E-state index is 13.6. The minimum absolute atomic E-state index is 0.108. The third kappa shape index (κ3) is 4.06. The van der Waals surface area contributed by atoms with Crippen LogP contribution in [-0.4, -0.2) is 64.0 Å². The number of hydrogen-bond acceptors (Lipinski definition) is 7. The summed E-state index contributed by atoms with van der Waals surface area (Å²) in [6.07, 6.45) is 12.1. The molecule has 7 rings (SSSR count). The molecule has 188 valence electrons. The van der Waals surface area contributed by atoms with Crippen molar-refractivity contribution in [3.05, 3.63) is 73.2 Å². The zero-order chi connectivity index (χ0) is 25.7. The molecule has 0 aliphatic carbocycles. The van der Waals surface area contributed by atoms with E-state index in [0.717, 1.165) is 44.2 Å². The van der Waals surface area contributed by atoms with Gasteiger partial charge in [-0.3, -0.25) is 29.9 Å². The summed E-state index contributed by atoms with van der Waals surface area (Å²) in [4.78, 5) is 27.5. The van der Waals surface area contributed by atoms with Crippen LogP contribution in [0.15, 0.2) is 67.6 Å². The molecule has 0 unspecified atom stereocenters. The first kappa shape index (κ1) is 22.5. The van der Waals surface area contributed by atoms with Gasteiger partial charge in [-0.1, -0.05) is 6.07 Å². The van der Waals surface area contributed by atoms with Crippen molar-refractivity contribution in [1.82, 2.24) is 45.0 Å². The van der Waals surface area contributed by atoms with Gasteiger partial charge < -0.3 is 4.98 Å². The van der Waals surface area contributed by atoms with Crippen LogP contribution in [0.3, 0.4) is 0 Å². The lowest BCUT2D eigenvalue weighted by Crippen LogP contribution is -2.24. The molecule has 0 amide bonds. The van der Waals surface area contributed by atoms with Gasteiger partial charge in [0.2, 0.25) is 0 Å². The molecule has 0 aromatic carbocycles. The Morgan fingerprint density at radius 3 is 2.68 bits per heavy atom. The number of imidazole rings is 1. The van der Waals surface area contributed by atoms with Crippen molar-refractivity contribution in [3.63, 3.8) is 0 Å². The molecule has 0 radical (unpaired) electrons. The first-order chi connectivity index (χ1) is 18.5. The molecule has 2 N–H and O–H groups in total. The van der Waals surface area contributed by atoms with Crippen LogP contribution in [0.4, 0.5) is 8.78 Å². The Balaban J connectivity index is 1.24. The zero-order valence-corrected chi connectivity index (χ0v) is 20.1. The van der Waals surface area contributed by atoms with E-state index in [-0.39, 0.29) is 13.0 Å². The third-order valence-corrected chi connectivity index (χ3v) is 6.78. The average Bonchev–Trinajstić information content (AvgIpc) is 3.64. The number of aromatic amines is 2. The predicted octanol–water partition coefficient (Wildman–Crippen LogP) is 4.86. The first-order valence-corrected chi connectivity index (χ1v) is 12.2. The van der Waals surface area contributed by atoms with Crippen molar-refractivity contribution < 1.29 is 8.78 Å².